The fraction of sp³-hybridized carbons (Fsp3) is 0.750. The van der Waals surface area contributed by atoms with Gasteiger partial charge in [0.25, 0.3) is 0 Å². The molecule has 1 fully saturated rings. The number of hydrogen-bond acceptors (Lipinski definition) is 1. The molecule has 3 heteroatoms. The van der Waals surface area contributed by atoms with Crippen molar-refractivity contribution in [2.45, 2.75) is 19.8 Å². The Bertz CT molecular complexity index is 167. The molecular weight excluding hydrogens is 177 g/mol. The molecule has 2 unspecified atom stereocenters. The van der Waals surface area contributed by atoms with E-state index in [1.54, 1.807) is 0 Å². The summed E-state index contributed by atoms with van der Waals surface area (Å²) in [4.78, 5) is 0. The SMILES string of the molecule is CCCC1CN/C1=C(/Cl)PC. The molecule has 0 saturated carbocycles. The molecule has 1 aliphatic rings. The fourth-order valence-corrected chi connectivity index (χ4v) is 2.12. The lowest BCUT2D eigenvalue weighted by Crippen LogP contribution is -2.39. The Morgan fingerprint density at radius 1 is 1.82 bits per heavy atom. The molecule has 0 spiro atoms. The van der Waals surface area contributed by atoms with E-state index < -0.39 is 0 Å². The van der Waals surface area contributed by atoms with Crippen LogP contribution in [-0.4, -0.2) is 13.2 Å². The third-order valence-electron chi connectivity index (χ3n) is 2.04. The first-order valence-electron chi connectivity index (χ1n) is 4.10. The molecule has 0 bridgehead atoms. The van der Waals surface area contributed by atoms with Crippen LogP contribution in [0.5, 0.6) is 0 Å². The average Bonchev–Trinajstić information content (AvgIpc) is 1.98. The van der Waals surface area contributed by atoms with Crippen molar-refractivity contribution >= 4 is 20.2 Å². The van der Waals surface area contributed by atoms with Crippen LogP contribution in [0.1, 0.15) is 19.8 Å². The zero-order valence-corrected chi connectivity index (χ0v) is 8.83. The van der Waals surface area contributed by atoms with Crippen LogP contribution < -0.4 is 5.32 Å². The molecule has 0 aromatic heterocycles. The van der Waals surface area contributed by atoms with Crippen LogP contribution in [-0.2, 0) is 0 Å². The molecular formula is C8H15ClNP. The largest absolute Gasteiger partial charge is 0.386 e. The van der Waals surface area contributed by atoms with Gasteiger partial charge in [0.15, 0.2) is 0 Å². The van der Waals surface area contributed by atoms with Gasteiger partial charge in [-0.3, -0.25) is 0 Å². The zero-order valence-electron chi connectivity index (χ0n) is 7.08. The van der Waals surface area contributed by atoms with E-state index in [0.29, 0.717) is 0 Å². The van der Waals surface area contributed by atoms with E-state index in [1.807, 2.05) is 0 Å². The predicted octanol–water partition coefficient (Wildman–Crippen LogP) is 2.72. The second-order valence-corrected chi connectivity index (χ2v) is 4.54. The van der Waals surface area contributed by atoms with Gasteiger partial charge in [-0.25, -0.2) is 0 Å². The number of halogens is 1. The van der Waals surface area contributed by atoms with E-state index in [0.717, 1.165) is 25.8 Å². The minimum absolute atomic E-state index is 0.736. The van der Waals surface area contributed by atoms with Crippen LogP contribution in [0.4, 0.5) is 0 Å². The van der Waals surface area contributed by atoms with Crippen LogP contribution in [0.25, 0.3) is 0 Å². The van der Waals surface area contributed by atoms with Crippen molar-refractivity contribution in [2.24, 2.45) is 5.92 Å². The minimum atomic E-state index is 0.736. The molecule has 2 atom stereocenters. The van der Waals surface area contributed by atoms with Gasteiger partial charge in [0, 0.05) is 18.2 Å². The molecule has 1 heterocycles. The molecule has 1 rings (SSSR count). The zero-order chi connectivity index (χ0) is 8.27. The van der Waals surface area contributed by atoms with Crippen molar-refractivity contribution in [3.8, 4) is 0 Å². The first kappa shape index (κ1) is 9.35. The first-order chi connectivity index (χ1) is 5.29. The Kier molecular flexibility index (Phi) is 3.68. The van der Waals surface area contributed by atoms with Crippen LogP contribution in [0.15, 0.2) is 10.5 Å². The third kappa shape index (κ3) is 2.10. The summed E-state index contributed by atoms with van der Waals surface area (Å²) in [5, 5.41) is 3.29. The van der Waals surface area contributed by atoms with Gasteiger partial charge >= 0.3 is 0 Å². The maximum absolute atomic E-state index is 6.03. The highest BCUT2D eigenvalue weighted by Gasteiger charge is 2.24. The topological polar surface area (TPSA) is 12.0 Å². The van der Waals surface area contributed by atoms with Crippen molar-refractivity contribution in [1.82, 2.24) is 5.32 Å². The molecule has 1 saturated heterocycles. The van der Waals surface area contributed by atoms with Gasteiger partial charge in [0.1, 0.15) is 0 Å². The van der Waals surface area contributed by atoms with Gasteiger partial charge in [-0.05, 0) is 13.1 Å². The Hall–Kier alpha value is 0.260. The van der Waals surface area contributed by atoms with E-state index in [-0.39, 0.29) is 0 Å². The highest BCUT2D eigenvalue weighted by atomic mass is 35.5. The highest BCUT2D eigenvalue weighted by Crippen LogP contribution is 2.34. The summed E-state index contributed by atoms with van der Waals surface area (Å²) >= 11 is 6.03. The van der Waals surface area contributed by atoms with Gasteiger partial charge in [-0.2, -0.15) is 0 Å². The van der Waals surface area contributed by atoms with Crippen molar-refractivity contribution in [3.05, 3.63) is 10.5 Å². The Balaban J connectivity index is 2.47. The fourth-order valence-electron chi connectivity index (χ4n) is 1.33. The third-order valence-corrected chi connectivity index (χ3v) is 3.52. The molecule has 64 valence electrons. The molecule has 1 nitrogen and oxygen atoms in total. The van der Waals surface area contributed by atoms with E-state index in [1.165, 1.54) is 18.5 Å². The highest BCUT2D eigenvalue weighted by molar-refractivity contribution is 7.45. The molecule has 1 aliphatic heterocycles. The van der Waals surface area contributed by atoms with Crippen LogP contribution in [0.3, 0.4) is 0 Å². The summed E-state index contributed by atoms with van der Waals surface area (Å²) in [7, 11) is 0.743. The van der Waals surface area contributed by atoms with E-state index in [4.69, 9.17) is 11.6 Å². The average molecular weight is 192 g/mol. The quantitative estimate of drug-likeness (QED) is 0.677. The molecule has 1 N–H and O–H groups in total. The Morgan fingerprint density at radius 3 is 2.91 bits per heavy atom. The standard InChI is InChI=1S/C8H15ClNP/c1-3-4-6-5-10-7(6)8(9)11-2/h6,10-11H,3-5H2,1-2H3/b8-7-. The second kappa shape index (κ2) is 4.33. The summed E-state index contributed by atoms with van der Waals surface area (Å²) in [6.45, 7) is 5.47. The second-order valence-electron chi connectivity index (χ2n) is 2.84. The first-order valence-corrected chi connectivity index (χ1v) is 5.98. The van der Waals surface area contributed by atoms with E-state index in [9.17, 15) is 0 Å². The maximum atomic E-state index is 6.03. The van der Waals surface area contributed by atoms with Crippen LogP contribution in [0.2, 0.25) is 0 Å². The van der Waals surface area contributed by atoms with Crippen LogP contribution >= 0.6 is 20.2 Å². The number of hydrogen-bond donors (Lipinski definition) is 1. The van der Waals surface area contributed by atoms with Crippen molar-refractivity contribution in [3.63, 3.8) is 0 Å². The Labute approximate surface area is 75.4 Å². The maximum Gasteiger partial charge on any atom is 0.0570 e. The molecule has 0 aliphatic carbocycles. The molecule has 0 amide bonds. The predicted molar refractivity (Wildman–Crippen MR) is 53.5 cm³/mol. The van der Waals surface area contributed by atoms with Gasteiger partial charge in [0.2, 0.25) is 0 Å². The lowest BCUT2D eigenvalue weighted by atomic mass is 9.94. The van der Waals surface area contributed by atoms with E-state index in [2.05, 4.69) is 18.9 Å². The van der Waals surface area contributed by atoms with Gasteiger partial charge in [-0.15, -0.1) is 0 Å². The summed E-state index contributed by atoms with van der Waals surface area (Å²) in [6.07, 6.45) is 2.54. The van der Waals surface area contributed by atoms with Gasteiger partial charge in [0.05, 0.1) is 4.77 Å². The summed E-state index contributed by atoms with van der Waals surface area (Å²) in [6, 6.07) is 0. The monoisotopic (exact) mass is 191 g/mol. The summed E-state index contributed by atoms with van der Waals surface area (Å²) in [5.41, 5.74) is 1.31. The summed E-state index contributed by atoms with van der Waals surface area (Å²) < 4.78 is 1.05. The minimum Gasteiger partial charge on any atom is -0.386 e. The van der Waals surface area contributed by atoms with Crippen LogP contribution in [0, 0.1) is 5.92 Å². The summed E-state index contributed by atoms with van der Waals surface area (Å²) in [5.74, 6) is 0.736. The smallest absolute Gasteiger partial charge is 0.0570 e. The van der Waals surface area contributed by atoms with Crippen molar-refractivity contribution < 1.29 is 0 Å². The lowest BCUT2D eigenvalue weighted by molar-refractivity contribution is 0.405. The molecule has 0 aromatic rings. The number of rotatable bonds is 3. The van der Waals surface area contributed by atoms with E-state index >= 15 is 0 Å². The number of nitrogens with one attached hydrogen (secondary N) is 1. The lowest BCUT2D eigenvalue weighted by Gasteiger charge is -2.33. The normalized spacial score (nSPS) is 28.5. The van der Waals surface area contributed by atoms with Crippen molar-refractivity contribution in [2.75, 3.05) is 13.2 Å². The molecule has 0 aromatic carbocycles. The molecule has 11 heavy (non-hydrogen) atoms. The van der Waals surface area contributed by atoms with Crippen molar-refractivity contribution in [1.29, 1.82) is 0 Å². The van der Waals surface area contributed by atoms with Gasteiger partial charge in [-0.1, -0.05) is 33.5 Å². The molecule has 0 radical (unpaired) electrons. The Morgan fingerprint density at radius 2 is 2.55 bits per heavy atom. The van der Waals surface area contributed by atoms with Gasteiger partial charge < -0.3 is 5.32 Å².